The third kappa shape index (κ3) is 0.873. The van der Waals surface area contributed by atoms with Gasteiger partial charge in [0.25, 0.3) is 0 Å². The molecule has 2 aromatic carbocycles. The maximum absolute atomic E-state index is 2.28. The molecule has 0 spiro atoms. The smallest absolute Gasteiger partial charge is 0.0480 e. The Labute approximate surface area is 95.2 Å². The number of hydrogen-bond donors (Lipinski definition) is 0. The lowest BCUT2D eigenvalue weighted by molar-refractivity contribution is 1.15. The number of rotatable bonds is 0. The maximum atomic E-state index is 2.28. The lowest BCUT2D eigenvalue weighted by Gasteiger charge is -2.10. The Kier molecular flexibility index (Phi) is 1.44. The Balaban J connectivity index is 2.14. The zero-order valence-corrected chi connectivity index (χ0v) is 8.90. The molecule has 0 saturated carbocycles. The summed E-state index contributed by atoms with van der Waals surface area (Å²) in [5.74, 6) is 1.41. The molecular formula is C16H11+. The Hall–Kier alpha value is -1.95. The fourth-order valence-electron chi connectivity index (χ4n) is 2.88. The quantitative estimate of drug-likeness (QED) is 0.572. The third-order valence-electron chi connectivity index (χ3n) is 3.55. The van der Waals surface area contributed by atoms with Crippen LogP contribution < -0.4 is 0 Å². The predicted molar refractivity (Wildman–Crippen MR) is 66.2 cm³/mol. The van der Waals surface area contributed by atoms with E-state index in [0.29, 0.717) is 0 Å². The highest BCUT2D eigenvalue weighted by atomic mass is 14.3. The van der Waals surface area contributed by atoms with E-state index >= 15 is 0 Å². The first-order valence-corrected chi connectivity index (χ1v) is 5.71. The van der Waals surface area contributed by atoms with Gasteiger partial charge in [0, 0.05) is 12.0 Å². The van der Waals surface area contributed by atoms with Crippen LogP contribution in [0.15, 0.2) is 54.6 Å². The van der Waals surface area contributed by atoms with Crippen molar-refractivity contribution in [1.29, 1.82) is 0 Å². The van der Waals surface area contributed by atoms with Gasteiger partial charge in [-0.2, -0.15) is 0 Å². The van der Waals surface area contributed by atoms with Crippen molar-refractivity contribution >= 4 is 0 Å². The van der Waals surface area contributed by atoms with E-state index in [-0.39, 0.29) is 0 Å². The first-order chi connectivity index (χ1) is 7.95. The standard InChI is InChI=1S/C16H11/c1-2-8-13-12(7-1)14-9-3-5-11-6-4-10-15(13)16(11)14/h1-5,7-10H,6H2/q+1. The molecule has 2 aromatic rings. The van der Waals surface area contributed by atoms with Gasteiger partial charge in [-0.1, -0.05) is 0 Å². The summed E-state index contributed by atoms with van der Waals surface area (Å²) in [6.45, 7) is 0. The summed E-state index contributed by atoms with van der Waals surface area (Å²) in [5.41, 5.74) is 7.12. The number of fused-ring (bicyclic) bond motifs is 3. The highest BCUT2D eigenvalue weighted by Gasteiger charge is 2.36. The summed E-state index contributed by atoms with van der Waals surface area (Å²) < 4.78 is 0. The molecule has 0 amide bonds. The van der Waals surface area contributed by atoms with Crippen LogP contribution in [0.5, 0.6) is 0 Å². The van der Waals surface area contributed by atoms with Gasteiger partial charge in [0.2, 0.25) is 0 Å². The molecule has 74 valence electrons. The van der Waals surface area contributed by atoms with Crippen molar-refractivity contribution in [2.24, 2.45) is 0 Å². The van der Waals surface area contributed by atoms with Gasteiger partial charge in [0.15, 0.2) is 0 Å². The van der Waals surface area contributed by atoms with Gasteiger partial charge in [-0.25, -0.2) is 0 Å². The van der Waals surface area contributed by atoms with Crippen molar-refractivity contribution in [3.05, 3.63) is 77.2 Å². The SMILES string of the molecule is C1=C[C+]2c3ccccc3-c3cccc(c32)C1. The fraction of sp³-hybridized carbons (Fsp3) is 0.0625. The molecule has 0 aromatic heterocycles. The van der Waals surface area contributed by atoms with E-state index in [1.54, 1.807) is 0 Å². The van der Waals surface area contributed by atoms with E-state index in [1.165, 1.54) is 33.7 Å². The first-order valence-electron chi connectivity index (χ1n) is 5.71. The fourth-order valence-corrected chi connectivity index (χ4v) is 2.88. The monoisotopic (exact) mass is 203 g/mol. The third-order valence-corrected chi connectivity index (χ3v) is 3.55. The molecule has 0 heterocycles. The second kappa shape index (κ2) is 2.79. The summed E-state index contributed by atoms with van der Waals surface area (Å²) in [5, 5.41) is 0. The summed E-state index contributed by atoms with van der Waals surface area (Å²) >= 11 is 0. The molecule has 0 fully saturated rings. The number of benzene rings is 2. The lowest BCUT2D eigenvalue weighted by atomic mass is 9.87. The highest BCUT2D eigenvalue weighted by Crippen LogP contribution is 2.47. The van der Waals surface area contributed by atoms with Gasteiger partial charge in [0.1, 0.15) is 0 Å². The van der Waals surface area contributed by atoms with Crippen LogP contribution in [0, 0.1) is 5.92 Å². The molecular weight excluding hydrogens is 192 g/mol. The number of hydrogen-bond acceptors (Lipinski definition) is 0. The minimum atomic E-state index is 1.07. The molecule has 2 aliphatic rings. The van der Waals surface area contributed by atoms with Crippen LogP contribution in [-0.4, -0.2) is 0 Å². The van der Waals surface area contributed by atoms with Crippen LogP contribution in [0.4, 0.5) is 0 Å². The summed E-state index contributed by atoms with van der Waals surface area (Å²) in [4.78, 5) is 0. The normalized spacial score (nSPS) is 14.9. The van der Waals surface area contributed by atoms with Crippen molar-refractivity contribution in [2.45, 2.75) is 6.42 Å². The first kappa shape index (κ1) is 8.23. The Morgan fingerprint density at radius 2 is 1.75 bits per heavy atom. The largest absolute Gasteiger partial charge is 0.0829 e. The Morgan fingerprint density at radius 1 is 0.875 bits per heavy atom. The van der Waals surface area contributed by atoms with E-state index in [9.17, 15) is 0 Å². The second-order valence-electron chi connectivity index (χ2n) is 4.41. The van der Waals surface area contributed by atoms with Gasteiger partial charge in [0.05, 0.1) is 28.2 Å². The van der Waals surface area contributed by atoms with E-state index < -0.39 is 0 Å². The van der Waals surface area contributed by atoms with Gasteiger partial charge in [-0.3, -0.25) is 0 Å². The Bertz CT molecular complexity index is 605. The molecule has 0 nitrogen and oxygen atoms in total. The van der Waals surface area contributed by atoms with Crippen LogP contribution >= 0.6 is 0 Å². The number of allylic oxidation sites excluding steroid dienone is 2. The second-order valence-corrected chi connectivity index (χ2v) is 4.41. The minimum absolute atomic E-state index is 1.07. The molecule has 0 heteroatoms. The van der Waals surface area contributed by atoms with E-state index in [0.717, 1.165) is 6.42 Å². The van der Waals surface area contributed by atoms with Crippen LogP contribution in [0.25, 0.3) is 11.1 Å². The van der Waals surface area contributed by atoms with E-state index in [4.69, 9.17) is 0 Å². The zero-order valence-electron chi connectivity index (χ0n) is 8.90. The van der Waals surface area contributed by atoms with Gasteiger partial charge in [-0.05, 0) is 54.6 Å². The summed E-state index contributed by atoms with van der Waals surface area (Å²) in [6.07, 6.45) is 5.61. The van der Waals surface area contributed by atoms with Crippen LogP contribution in [0.3, 0.4) is 0 Å². The lowest BCUT2D eigenvalue weighted by Crippen LogP contribution is -2.02. The minimum Gasteiger partial charge on any atom is -0.0480 e. The van der Waals surface area contributed by atoms with Crippen molar-refractivity contribution in [3.8, 4) is 11.1 Å². The molecule has 0 atom stereocenters. The summed E-state index contributed by atoms with van der Waals surface area (Å²) in [6, 6.07) is 15.4. The van der Waals surface area contributed by atoms with E-state index in [2.05, 4.69) is 54.6 Å². The van der Waals surface area contributed by atoms with Gasteiger partial charge in [-0.15, -0.1) is 0 Å². The predicted octanol–water partition coefficient (Wildman–Crippen LogP) is 3.75. The zero-order chi connectivity index (χ0) is 10.5. The maximum Gasteiger partial charge on any atom is 0.0829 e. The molecule has 0 saturated heterocycles. The van der Waals surface area contributed by atoms with Crippen molar-refractivity contribution in [2.75, 3.05) is 0 Å². The van der Waals surface area contributed by atoms with Crippen molar-refractivity contribution < 1.29 is 0 Å². The molecule has 0 aliphatic heterocycles. The average Bonchev–Trinajstić information content (AvgIpc) is 2.68. The highest BCUT2D eigenvalue weighted by molar-refractivity contribution is 5.87. The van der Waals surface area contributed by atoms with Crippen molar-refractivity contribution in [3.63, 3.8) is 0 Å². The molecule has 2 aliphatic carbocycles. The molecule has 0 radical (unpaired) electrons. The molecule has 0 unspecified atom stereocenters. The molecule has 16 heavy (non-hydrogen) atoms. The van der Waals surface area contributed by atoms with Gasteiger partial charge < -0.3 is 0 Å². The summed E-state index contributed by atoms with van der Waals surface area (Å²) in [7, 11) is 0. The molecule has 0 N–H and O–H groups in total. The molecule has 4 rings (SSSR count). The van der Waals surface area contributed by atoms with Crippen LogP contribution in [0.1, 0.15) is 16.7 Å². The average molecular weight is 203 g/mol. The molecule has 0 bridgehead atoms. The topological polar surface area (TPSA) is 0 Å². The van der Waals surface area contributed by atoms with Crippen LogP contribution in [-0.2, 0) is 6.42 Å². The van der Waals surface area contributed by atoms with E-state index in [1.807, 2.05) is 0 Å². The Morgan fingerprint density at radius 3 is 2.75 bits per heavy atom. The van der Waals surface area contributed by atoms with Gasteiger partial charge >= 0.3 is 0 Å². The van der Waals surface area contributed by atoms with Crippen molar-refractivity contribution in [1.82, 2.24) is 0 Å². The van der Waals surface area contributed by atoms with Crippen LogP contribution in [0.2, 0.25) is 0 Å².